The van der Waals surface area contributed by atoms with Crippen LogP contribution >= 0.6 is 0 Å². The SMILES string of the molecule is CCOC1CC(Cc2[nH]nc(N)c2-c2ccc(C)cc2)C1. The summed E-state index contributed by atoms with van der Waals surface area (Å²) in [7, 11) is 0. The number of rotatable bonds is 5. The van der Waals surface area contributed by atoms with Gasteiger partial charge in [-0.05, 0) is 44.6 Å². The standard InChI is InChI=1S/C17H23N3O/c1-3-21-14-8-12(9-14)10-15-16(17(18)20-19-15)13-6-4-11(2)5-7-13/h4-7,12,14H,3,8-10H2,1-2H3,(H3,18,19,20). The summed E-state index contributed by atoms with van der Waals surface area (Å²) in [6.45, 7) is 4.95. The summed E-state index contributed by atoms with van der Waals surface area (Å²) in [5.41, 5.74) is 10.7. The Balaban J connectivity index is 1.74. The van der Waals surface area contributed by atoms with Crippen molar-refractivity contribution >= 4 is 5.82 Å². The van der Waals surface area contributed by atoms with E-state index in [1.54, 1.807) is 0 Å². The van der Waals surface area contributed by atoms with Gasteiger partial charge in [0, 0.05) is 17.9 Å². The number of benzene rings is 1. The Hall–Kier alpha value is -1.81. The van der Waals surface area contributed by atoms with Crippen LogP contribution in [0.3, 0.4) is 0 Å². The lowest BCUT2D eigenvalue weighted by molar-refractivity contribution is -0.0242. The van der Waals surface area contributed by atoms with Crippen LogP contribution in [0.1, 0.15) is 31.0 Å². The van der Waals surface area contributed by atoms with E-state index in [2.05, 4.69) is 48.3 Å². The average molecular weight is 285 g/mol. The topological polar surface area (TPSA) is 63.9 Å². The fraction of sp³-hybridized carbons (Fsp3) is 0.471. The third-order valence-corrected chi connectivity index (χ3v) is 4.30. The number of aryl methyl sites for hydroxylation is 1. The van der Waals surface area contributed by atoms with Gasteiger partial charge in [0.1, 0.15) is 0 Å². The molecule has 4 nitrogen and oxygen atoms in total. The number of hydrogen-bond acceptors (Lipinski definition) is 3. The maximum absolute atomic E-state index is 6.05. The highest BCUT2D eigenvalue weighted by molar-refractivity contribution is 5.76. The van der Waals surface area contributed by atoms with Crippen molar-refractivity contribution in [2.45, 2.75) is 39.2 Å². The Labute approximate surface area is 125 Å². The zero-order chi connectivity index (χ0) is 14.8. The van der Waals surface area contributed by atoms with Crippen molar-refractivity contribution in [2.75, 3.05) is 12.3 Å². The minimum Gasteiger partial charge on any atom is -0.382 e. The molecule has 0 bridgehead atoms. The van der Waals surface area contributed by atoms with Crippen LogP contribution < -0.4 is 5.73 Å². The zero-order valence-corrected chi connectivity index (χ0v) is 12.7. The number of hydrogen-bond donors (Lipinski definition) is 2. The minimum absolute atomic E-state index is 0.447. The first-order valence-electron chi connectivity index (χ1n) is 7.68. The lowest BCUT2D eigenvalue weighted by atomic mass is 9.78. The quantitative estimate of drug-likeness (QED) is 0.885. The van der Waals surface area contributed by atoms with Gasteiger partial charge < -0.3 is 10.5 Å². The predicted molar refractivity (Wildman–Crippen MR) is 85.0 cm³/mol. The number of nitrogens with one attached hydrogen (secondary N) is 1. The van der Waals surface area contributed by atoms with Crippen LogP contribution in [-0.4, -0.2) is 22.9 Å². The van der Waals surface area contributed by atoms with E-state index < -0.39 is 0 Å². The number of H-pyrrole nitrogens is 1. The molecule has 3 rings (SSSR count). The molecule has 2 aromatic rings. The molecule has 4 heteroatoms. The normalized spacial score (nSPS) is 21.2. The molecule has 1 aliphatic rings. The van der Waals surface area contributed by atoms with Crippen molar-refractivity contribution in [3.05, 3.63) is 35.5 Å². The van der Waals surface area contributed by atoms with E-state index in [-0.39, 0.29) is 0 Å². The fourth-order valence-corrected chi connectivity index (χ4v) is 3.09. The molecule has 0 aliphatic heterocycles. The Morgan fingerprint density at radius 2 is 2.00 bits per heavy atom. The summed E-state index contributed by atoms with van der Waals surface area (Å²) in [5, 5.41) is 7.32. The average Bonchev–Trinajstić information content (AvgIpc) is 2.79. The zero-order valence-electron chi connectivity index (χ0n) is 12.7. The molecule has 0 radical (unpaired) electrons. The molecule has 0 unspecified atom stereocenters. The minimum atomic E-state index is 0.447. The molecule has 0 amide bonds. The van der Waals surface area contributed by atoms with Crippen molar-refractivity contribution < 1.29 is 4.74 Å². The van der Waals surface area contributed by atoms with E-state index in [0.717, 1.165) is 42.7 Å². The van der Waals surface area contributed by atoms with Crippen LogP contribution in [-0.2, 0) is 11.2 Å². The van der Waals surface area contributed by atoms with Gasteiger partial charge in [0.05, 0.1) is 6.10 Å². The van der Waals surface area contributed by atoms with Gasteiger partial charge in [-0.1, -0.05) is 29.8 Å². The molecule has 0 saturated heterocycles. The molecule has 1 heterocycles. The van der Waals surface area contributed by atoms with E-state index in [0.29, 0.717) is 17.8 Å². The Morgan fingerprint density at radius 3 is 2.67 bits per heavy atom. The molecule has 1 saturated carbocycles. The Morgan fingerprint density at radius 1 is 1.29 bits per heavy atom. The number of ether oxygens (including phenoxy) is 1. The number of nitrogens with zero attached hydrogens (tertiary/aromatic N) is 1. The Bertz CT molecular complexity index is 597. The number of nitrogens with two attached hydrogens (primary N) is 1. The summed E-state index contributed by atoms with van der Waals surface area (Å²) >= 11 is 0. The predicted octanol–water partition coefficient (Wildman–Crippen LogP) is 3.32. The maximum atomic E-state index is 6.05. The highest BCUT2D eigenvalue weighted by Crippen LogP contribution is 2.36. The molecule has 3 N–H and O–H groups in total. The van der Waals surface area contributed by atoms with Crippen molar-refractivity contribution in [3.63, 3.8) is 0 Å². The van der Waals surface area contributed by atoms with Crippen molar-refractivity contribution in [2.24, 2.45) is 5.92 Å². The number of aromatic amines is 1. The van der Waals surface area contributed by atoms with Crippen LogP contribution in [0.4, 0.5) is 5.82 Å². The molecule has 0 atom stereocenters. The first kappa shape index (κ1) is 14.1. The van der Waals surface area contributed by atoms with Gasteiger partial charge in [-0.2, -0.15) is 5.10 Å². The lowest BCUT2D eigenvalue weighted by Gasteiger charge is -2.34. The largest absolute Gasteiger partial charge is 0.382 e. The lowest BCUT2D eigenvalue weighted by Crippen LogP contribution is -2.32. The second-order valence-electron chi connectivity index (χ2n) is 5.95. The van der Waals surface area contributed by atoms with E-state index in [4.69, 9.17) is 10.5 Å². The van der Waals surface area contributed by atoms with Gasteiger partial charge in [-0.25, -0.2) is 0 Å². The molecular formula is C17H23N3O. The fourth-order valence-electron chi connectivity index (χ4n) is 3.09. The first-order chi connectivity index (χ1) is 10.2. The maximum Gasteiger partial charge on any atom is 0.153 e. The van der Waals surface area contributed by atoms with Crippen LogP contribution in [0.2, 0.25) is 0 Å². The number of anilines is 1. The van der Waals surface area contributed by atoms with Gasteiger partial charge in [0.25, 0.3) is 0 Å². The molecule has 112 valence electrons. The summed E-state index contributed by atoms with van der Waals surface area (Å²) in [6.07, 6.45) is 3.72. The summed E-state index contributed by atoms with van der Waals surface area (Å²) in [4.78, 5) is 0. The third-order valence-electron chi connectivity index (χ3n) is 4.30. The second kappa shape index (κ2) is 5.90. The van der Waals surface area contributed by atoms with Crippen LogP contribution in [0.5, 0.6) is 0 Å². The number of nitrogen functional groups attached to an aromatic ring is 1. The van der Waals surface area contributed by atoms with Gasteiger partial charge >= 0.3 is 0 Å². The molecule has 0 spiro atoms. The van der Waals surface area contributed by atoms with Crippen molar-refractivity contribution in [1.82, 2.24) is 10.2 Å². The van der Waals surface area contributed by atoms with Crippen LogP contribution in [0, 0.1) is 12.8 Å². The summed E-state index contributed by atoms with van der Waals surface area (Å²) in [5.74, 6) is 1.26. The van der Waals surface area contributed by atoms with E-state index in [9.17, 15) is 0 Å². The molecule has 1 aromatic carbocycles. The molecule has 1 aliphatic carbocycles. The molecule has 1 fully saturated rings. The van der Waals surface area contributed by atoms with Gasteiger partial charge in [-0.15, -0.1) is 0 Å². The van der Waals surface area contributed by atoms with E-state index >= 15 is 0 Å². The summed E-state index contributed by atoms with van der Waals surface area (Å²) in [6, 6.07) is 8.45. The highest BCUT2D eigenvalue weighted by Gasteiger charge is 2.31. The van der Waals surface area contributed by atoms with Crippen molar-refractivity contribution in [1.29, 1.82) is 0 Å². The smallest absolute Gasteiger partial charge is 0.153 e. The van der Waals surface area contributed by atoms with Crippen LogP contribution in [0.25, 0.3) is 11.1 Å². The van der Waals surface area contributed by atoms with E-state index in [1.807, 2.05) is 0 Å². The third kappa shape index (κ3) is 2.95. The second-order valence-corrected chi connectivity index (χ2v) is 5.95. The van der Waals surface area contributed by atoms with Crippen molar-refractivity contribution in [3.8, 4) is 11.1 Å². The van der Waals surface area contributed by atoms with E-state index in [1.165, 1.54) is 5.56 Å². The summed E-state index contributed by atoms with van der Waals surface area (Å²) < 4.78 is 5.63. The van der Waals surface area contributed by atoms with Gasteiger partial charge in [0.2, 0.25) is 0 Å². The van der Waals surface area contributed by atoms with Gasteiger partial charge in [0.15, 0.2) is 5.82 Å². The Kier molecular flexibility index (Phi) is 3.97. The first-order valence-corrected chi connectivity index (χ1v) is 7.68. The molecule has 21 heavy (non-hydrogen) atoms. The highest BCUT2D eigenvalue weighted by atomic mass is 16.5. The monoisotopic (exact) mass is 285 g/mol. The molecular weight excluding hydrogens is 262 g/mol. The van der Waals surface area contributed by atoms with Crippen LogP contribution in [0.15, 0.2) is 24.3 Å². The van der Waals surface area contributed by atoms with Gasteiger partial charge in [-0.3, -0.25) is 5.10 Å². The molecule has 1 aromatic heterocycles. The number of aromatic nitrogens is 2.